The number of hydrogen-bond acceptors (Lipinski definition) is 2. The Hall–Kier alpha value is -1.22. The van der Waals surface area contributed by atoms with Crippen LogP contribution in [0.25, 0.3) is 0 Å². The lowest BCUT2D eigenvalue weighted by Crippen LogP contribution is -2.34. The molecule has 1 heterocycles. The minimum absolute atomic E-state index is 0.0748. The summed E-state index contributed by atoms with van der Waals surface area (Å²) in [4.78, 5) is 12.3. The zero-order chi connectivity index (χ0) is 13.3. The van der Waals surface area contributed by atoms with E-state index in [9.17, 15) is 4.79 Å². The molecule has 1 amide bonds. The Morgan fingerprint density at radius 1 is 1.42 bits per heavy atom. The number of ether oxygens (including phenoxy) is 1. The van der Waals surface area contributed by atoms with Gasteiger partial charge in [-0.05, 0) is 30.7 Å². The lowest BCUT2D eigenvalue weighted by atomic mass is 9.99. The van der Waals surface area contributed by atoms with E-state index in [0.29, 0.717) is 12.5 Å². The van der Waals surface area contributed by atoms with Gasteiger partial charge in [0.05, 0.1) is 0 Å². The third-order valence-corrected chi connectivity index (χ3v) is 4.42. The third kappa shape index (κ3) is 2.57. The molecule has 1 aliphatic carbocycles. The molecule has 0 aromatic heterocycles. The number of fused-ring (bicyclic) bond motifs is 1. The van der Waals surface area contributed by atoms with Crippen molar-refractivity contribution in [2.75, 3.05) is 19.0 Å². The Bertz CT molecular complexity index is 485. The van der Waals surface area contributed by atoms with Gasteiger partial charge in [0.1, 0.15) is 18.3 Å². The smallest absolute Gasteiger partial charge is 0.231 e. The van der Waals surface area contributed by atoms with Crippen LogP contribution in [0.5, 0.6) is 5.75 Å². The topological polar surface area (TPSA) is 38.3 Å². The van der Waals surface area contributed by atoms with Gasteiger partial charge in [-0.1, -0.05) is 18.2 Å². The number of alkyl halides is 1. The number of halogens is 1. The molecule has 3 nitrogen and oxygen atoms in total. The maximum absolute atomic E-state index is 12.3. The van der Waals surface area contributed by atoms with E-state index in [1.165, 1.54) is 12.8 Å². The molecule has 0 spiro atoms. The molecular formula is C15H18ClNO2. The van der Waals surface area contributed by atoms with Gasteiger partial charge in [-0.15, -0.1) is 11.6 Å². The highest BCUT2D eigenvalue weighted by molar-refractivity contribution is 6.17. The second-order valence-corrected chi connectivity index (χ2v) is 5.94. The fourth-order valence-corrected chi connectivity index (χ4v) is 3.07. The van der Waals surface area contributed by atoms with Crippen LogP contribution >= 0.6 is 11.6 Å². The van der Waals surface area contributed by atoms with Crippen molar-refractivity contribution in [2.45, 2.75) is 25.2 Å². The van der Waals surface area contributed by atoms with Gasteiger partial charge >= 0.3 is 0 Å². The van der Waals surface area contributed by atoms with E-state index in [4.69, 9.17) is 16.3 Å². The van der Waals surface area contributed by atoms with Gasteiger partial charge in [-0.25, -0.2) is 0 Å². The average Bonchev–Trinajstić information content (AvgIpc) is 3.05. The predicted molar refractivity (Wildman–Crippen MR) is 74.7 cm³/mol. The first-order valence-electron chi connectivity index (χ1n) is 6.79. The Balaban J connectivity index is 1.60. The number of carbonyl (C=O) groups is 1. The van der Waals surface area contributed by atoms with Crippen molar-refractivity contribution in [1.29, 1.82) is 0 Å². The van der Waals surface area contributed by atoms with Crippen molar-refractivity contribution in [3.63, 3.8) is 0 Å². The number of carbonyl (C=O) groups excluding carboxylic acids is 1. The van der Waals surface area contributed by atoms with Gasteiger partial charge in [0.25, 0.3) is 0 Å². The monoisotopic (exact) mass is 279 g/mol. The summed E-state index contributed by atoms with van der Waals surface area (Å²) >= 11 is 5.80. The van der Waals surface area contributed by atoms with Gasteiger partial charge in [0.2, 0.25) is 5.91 Å². The summed E-state index contributed by atoms with van der Waals surface area (Å²) in [5, 5.41) is 3.08. The summed E-state index contributed by atoms with van der Waals surface area (Å²) < 4.78 is 5.55. The highest BCUT2D eigenvalue weighted by atomic mass is 35.5. The van der Waals surface area contributed by atoms with Crippen LogP contribution in [-0.4, -0.2) is 24.9 Å². The van der Waals surface area contributed by atoms with Gasteiger partial charge in [0, 0.05) is 18.0 Å². The molecule has 1 fully saturated rings. The van der Waals surface area contributed by atoms with Crippen LogP contribution in [0.1, 0.15) is 30.7 Å². The predicted octanol–water partition coefficient (Wildman–Crippen LogP) is 2.69. The fraction of sp³-hybridized carbons (Fsp3) is 0.533. The SMILES string of the molecule is O=C(NCC1(CCCl)CC1)C1COc2ccccc21. The average molecular weight is 280 g/mol. The first kappa shape index (κ1) is 12.8. The lowest BCUT2D eigenvalue weighted by molar-refractivity contribution is -0.123. The quantitative estimate of drug-likeness (QED) is 0.842. The van der Waals surface area contributed by atoms with E-state index in [2.05, 4.69) is 5.32 Å². The number of rotatable bonds is 5. The van der Waals surface area contributed by atoms with Crippen LogP contribution in [-0.2, 0) is 4.79 Å². The summed E-state index contributed by atoms with van der Waals surface area (Å²) in [6.45, 7) is 1.20. The summed E-state index contributed by atoms with van der Waals surface area (Å²) in [5.41, 5.74) is 1.28. The fourth-order valence-electron chi connectivity index (χ4n) is 2.67. The molecule has 1 saturated carbocycles. The molecule has 19 heavy (non-hydrogen) atoms. The molecule has 0 radical (unpaired) electrons. The van der Waals surface area contributed by atoms with Crippen molar-refractivity contribution >= 4 is 17.5 Å². The molecule has 2 aliphatic rings. The maximum atomic E-state index is 12.3. The van der Waals surface area contributed by atoms with Crippen molar-refractivity contribution in [3.8, 4) is 5.75 Å². The highest BCUT2D eigenvalue weighted by Crippen LogP contribution is 2.48. The lowest BCUT2D eigenvalue weighted by Gasteiger charge is -2.16. The molecular weight excluding hydrogens is 262 g/mol. The molecule has 102 valence electrons. The molecule has 0 bridgehead atoms. The number of para-hydroxylation sites is 1. The zero-order valence-electron chi connectivity index (χ0n) is 10.8. The van der Waals surface area contributed by atoms with E-state index in [0.717, 1.165) is 24.3 Å². The minimum Gasteiger partial charge on any atom is -0.492 e. The van der Waals surface area contributed by atoms with E-state index in [1.807, 2.05) is 24.3 Å². The second kappa shape index (κ2) is 5.04. The van der Waals surface area contributed by atoms with E-state index in [1.54, 1.807) is 0 Å². The summed E-state index contributed by atoms with van der Waals surface area (Å²) in [5.74, 6) is 1.42. The number of benzene rings is 1. The van der Waals surface area contributed by atoms with Gasteiger partial charge in [-0.3, -0.25) is 4.79 Å². The van der Waals surface area contributed by atoms with Crippen molar-refractivity contribution < 1.29 is 9.53 Å². The van der Waals surface area contributed by atoms with Crippen LogP contribution in [0.4, 0.5) is 0 Å². The standard InChI is InChI=1S/C15H18ClNO2/c16-8-7-15(5-6-15)10-17-14(18)12-9-19-13-4-2-1-3-11(12)13/h1-4,12H,5-10H2,(H,17,18). The first-order valence-corrected chi connectivity index (χ1v) is 7.33. The van der Waals surface area contributed by atoms with Crippen molar-refractivity contribution in [1.82, 2.24) is 5.32 Å². The molecule has 1 aromatic carbocycles. The summed E-state index contributed by atoms with van der Waals surface area (Å²) in [6.07, 6.45) is 3.35. The van der Waals surface area contributed by atoms with Crippen LogP contribution in [0.15, 0.2) is 24.3 Å². The van der Waals surface area contributed by atoms with E-state index in [-0.39, 0.29) is 17.2 Å². The first-order chi connectivity index (χ1) is 9.24. The normalized spacial score (nSPS) is 22.5. The Kier molecular flexibility index (Phi) is 3.40. The number of hydrogen-bond donors (Lipinski definition) is 1. The van der Waals surface area contributed by atoms with Crippen LogP contribution in [0, 0.1) is 5.41 Å². The number of amides is 1. The molecule has 1 N–H and O–H groups in total. The highest BCUT2D eigenvalue weighted by Gasteiger charge is 2.42. The van der Waals surface area contributed by atoms with E-state index >= 15 is 0 Å². The Morgan fingerprint density at radius 3 is 2.95 bits per heavy atom. The molecule has 1 atom stereocenters. The second-order valence-electron chi connectivity index (χ2n) is 5.56. The van der Waals surface area contributed by atoms with Crippen LogP contribution < -0.4 is 10.1 Å². The third-order valence-electron chi connectivity index (χ3n) is 4.24. The largest absolute Gasteiger partial charge is 0.492 e. The zero-order valence-corrected chi connectivity index (χ0v) is 11.6. The molecule has 3 rings (SSSR count). The molecule has 4 heteroatoms. The van der Waals surface area contributed by atoms with E-state index < -0.39 is 0 Å². The van der Waals surface area contributed by atoms with Crippen molar-refractivity contribution in [3.05, 3.63) is 29.8 Å². The molecule has 1 aliphatic heterocycles. The van der Waals surface area contributed by atoms with Crippen LogP contribution in [0.2, 0.25) is 0 Å². The summed E-state index contributed by atoms with van der Waals surface area (Å²) in [6, 6.07) is 7.76. The Morgan fingerprint density at radius 2 is 2.21 bits per heavy atom. The maximum Gasteiger partial charge on any atom is 0.231 e. The molecule has 1 unspecified atom stereocenters. The van der Waals surface area contributed by atoms with Crippen molar-refractivity contribution in [2.24, 2.45) is 5.41 Å². The molecule has 1 aromatic rings. The minimum atomic E-state index is -0.164. The molecule has 0 saturated heterocycles. The Labute approximate surface area is 118 Å². The van der Waals surface area contributed by atoms with Gasteiger partial charge in [0.15, 0.2) is 0 Å². The summed E-state index contributed by atoms with van der Waals surface area (Å²) in [7, 11) is 0. The van der Waals surface area contributed by atoms with Gasteiger partial charge in [-0.2, -0.15) is 0 Å². The number of nitrogens with one attached hydrogen (secondary N) is 1. The van der Waals surface area contributed by atoms with Gasteiger partial charge < -0.3 is 10.1 Å². The van der Waals surface area contributed by atoms with Crippen LogP contribution in [0.3, 0.4) is 0 Å².